The summed E-state index contributed by atoms with van der Waals surface area (Å²) in [5.74, 6) is -4.53. The second-order valence-corrected chi connectivity index (χ2v) is 8.89. The predicted molar refractivity (Wildman–Crippen MR) is 148 cm³/mol. The molecule has 4 rings (SSSR count). The Bertz CT molecular complexity index is 1290. The molecule has 0 spiro atoms. The van der Waals surface area contributed by atoms with Gasteiger partial charge in [0.2, 0.25) is 0 Å². The van der Waals surface area contributed by atoms with Gasteiger partial charge in [-0.3, -0.25) is 9.67 Å². The van der Waals surface area contributed by atoms with E-state index in [1.807, 2.05) is 27.7 Å². The zero-order chi connectivity index (χ0) is 30.5. The van der Waals surface area contributed by atoms with Crippen LogP contribution in [0.15, 0.2) is 71.2 Å². The summed E-state index contributed by atoms with van der Waals surface area (Å²) in [6.07, 6.45) is 5.15. The molecule has 1 aromatic heterocycles. The van der Waals surface area contributed by atoms with Crippen LogP contribution in [0.5, 0.6) is 5.75 Å². The van der Waals surface area contributed by atoms with Gasteiger partial charge in [-0.25, -0.2) is 27.5 Å². The van der Waals surface area contributed by atoms with Crippen molar-refractivity contribution in [2.75, 3.05) is 13.2 Å². The smallest absolute Gasteiger partial charge is 0.340 e. The number of rotatable bonds is 10. The molecule has 0 fully saturated rings. The number of amidine groups is 1. The van der Waals surface area contributed by atoms with Gasteiger partial charge in [-0.1, -0.05) is 52.0 Å². The summed E-state index contributed by atoms with van der Waals surface area (Å²) in [6.45, 7) is 7.62. The van der Waals surface area contributed by atoms with Gasteiger partial charge in [0.1, 0.15) is 35.9 Å². The molecule has 1 aliphatic rings. The van der Waals surface area contributed by atoms with E-state index < -0.39 is 36.0 Å². The average Bonchev–Trinajstić information content (AvgIpc) is 3.67. The van der Waals surface area contributed by atoms with Gasteiger partial charge < -0.3 is 4.74 Å². The van der Waals surface area contributed by atoms with Crippen LogP contribution >= 0.6 is 0 Å². The van der Waals surface area contributed by atoms with Crippen LogP contribution in [0.3, 0.4) is 0 Å². The Balaban J connectivity index is 0.000000273. The van der Waals surface area contributed by atoms with Gasteiger partial charge >= 0.3 is 12.3 Å². The van der Waals surface area contributed by atoms with Crippen molar-refractivity contribution in [3.05, 3.63) is 84.0 Å². The van der Waals surface area contributed by atoms with Crippen LogP contribution in [-0.4, -0.2) is 52.3 Å². The van der Waals surface area contributed by atoms with Crippen LogP contribution in [0, 0.1) is 11.6 Å². The Hall–Kier alpha value is -3.96. The van der Waals surface area contributed by atoms with Gasteiger partial charge in [-0.2, -0.15) is 13.9 Å². The fourth-order valence-electron chi connectivity index (χ4n) is 3.53. The summed E-state index contributed by atoms with van der Waals surface area (Å²) >= 11 is 0. The Labute approximate surface area is 235 Å². The largest absolute Gasteiger partial charge is 0.487 e. The number of hydrogen-bond acceptors (Lipinski definition) is 5. The van der Waals surface area contributed by atoms with Gasteiger partial charge in [0.05, 0.1) is 13.1 Å². The minimum atomic E-state index is -4.16. The summed E-state index contributed by atoms with van der Waals surface area (Å²) in [5.41, 5.74) is 0.848. The zero-order valence-electron chi connectivity index (χ0n) is 23.2. The van der Waals surface area contributed by atoms with E-state index in [0.717, 1.165) is 18.1 Å². The van der Waals surface area contributed by atoms with Crippen LogP contribution in [0.25, 0.3) is 6.08 Å². The van der Waals surface area contributed by atoms with E-state index in [4.69, 9.17) is 0 Å². The van der Waals surface area contributed by atoms with Crippen molar-refractivity contribution in [1.29, 1.82) is 0 Å². The second kappa shape index (κ2) is 15.7. The summed E-state index contributed by atoms with van der Waals surface area (Å²) < 4.78 is 82.5. The normalized spacial score (nSPS) is 14.2. The maximum Gasteiger partial charge on any atom is 0.340 e. The maximum absolute atomic E-state index is 13.9. The van der Waals surface area contributed by atoms with Crippen LogP contribution in [0.2, 0.25) is 0 Å². The third kappa shape index (κ3) is 10.2. The first-order chi connectivity index (χ1) is 19.5. The summed E-state index contributed by atoms with van der Waals surface area (Å²) in [5, 5.41) is 4.03. The molecule has 2 aromatic carbocycles. The highest BCUT2D eigenvalue weighted by Crippen LogP contribution is 2.31. The van der Waals surface area contributed by atoms with Gasteiger partial charge in [-0.05, 0) is 41.8 Å². The second-order valence-electron chi connectivity index (χ2n) is 8.89. The molecule has 0 saturated carbocycles. The summed E-state index contributed by atoms with van der Waals surface area (Å²) in [4.78, 5) is 11.9. The van der Waals surface area contributed by atoms with Crippen molar-refractivity contribution < 1.29 is 31.1 Å². The van der Waals surface area contributed by atoms with Gasteiger partial charge in [-0.15, -0.1) is 0 Å². The quantitative estimate of drug-likeness (QED) is 0.234. The fraction of sp³-hybridized carbons (Fsp3) is 0.379. The number of aliphatic imine (C=N–C) groups is 2. The first-order valence-corrected chi connectivity index (χ1v) is 12.9. The molecule has 6 nitrogen and oxygen atoms in total. The molecule has 222 valence electrons. The number of benzene rings is 2. The molecule has 41 heavy (non-hydrogen) atoms. The number of alkyl halides is 4. The lowest BCUT2D eigenvalue weighted by molar-refractivity contribution is -0.148. The molecule has 1 aliphatic heterocycles. The van der Waals surface area contributed by atoms with E-state index >= 15 is 0 Å². The number of ether oxygens (including phenoxy) is 1. The van der Waals surface area contributed by atoms with E-state index in [0.29, 0.717) is 24.5 Å². The van der Waals surface area contributed by atoms with E-state index in [1.165, 1.54) is 30.6 Å². The Morgan fingerprint density at radius 2 is 1.76 bits per heavy atom. The minimum absolute atomic E-state index is 0.101. The molecular weight excluding hydrogens is 548 g/mol. The Morgan fingerprint density at radius 1 is 1.05 bits per heavy atom. The number of halogens is 6. The molecule has 0 N–H and O–H groups in total. The first kappa shape index (κ1) is 33.2. The third-order valence-electron chi connectivity index (χ3n) is 5.95. The van der Waals surface area contributed by atoms with Crippen molar-refractivity contribution in [3.8, 4) is 5.75 Å². The van der Waals surface area contributed by atoms with Crippen molar-refractivity contribution in [2.24, 2.45) is 9.98 Å². The zero-order valence-corrected chi connectivity index (χ0v) is 23.2. The molecule has 3 aromatic rings. The number of nitrogens with zero attached hydrogens (tertiary/aromatic N) is 5. The van der Waals surface area contributed by atoms with Gasteiger partial charge in [0.15, 0.2) is 6.61 Å². The molecule has 0 bridgehead atoms. The number of hydrogen-bond donors (Lipinski definition) is 0. The van der Waals surface area contributed by atoms with E-state index in [-0.39, 0.29) is 5.75 Å². The van der Waals surface area contributed by atoms with Crippen molar-refractivity contribution >= 4 is 18.1 Å². The van der Waals surface area contributed by atoms with Crippen LogP contribution < -0.4 is 4.74 Å². The minimum Gasteiger partial charge on any atom is -0.487 e. The summed E-state index contributed by atoms with van der Waals surface area (Å²) in [7, 11) is 0. The standard InChI is InChI=1S/C14H12F4N2O.C13H15F2N3.C2H6/c15-13(16)14(17,18)9-21-11-4-1-10(2-5-11)3-6-12-19-7-8-20-12;1-3-13(2,7-18-9-16-8-17-18)11-5-4-10(14)6-12(11)15;1-2/h1-7,13H,8-9H2;4-6,8-9H,3,7H2,1-2H3;1-2H3/b6-3+;;/t;13-;/m.1./s1. The molecule has 12 heteroatoms. The highest BCUT2D eigenvalue weighted by atomic mass is 19.3. The maximum atomic E-state index is 13.9. The summed E-state index contributed by atoms with van der Waals surface area (Å²) in [6, 6.07) is 9.81. The Morgan fingerprint density at radius 3 is 2.29 bits per heavy atom. The first-order valence-electron chi connectivity index (χ1n) is 12.9. The highest BCUT2D eigenvalue weighted by molar-refractivity contribution is 6.04. The van der Waals surface area contributed by atoms with Gasteiger partial charge in [0, 0.05) is 17.7 Å². The Kier molecular flexibility index (Phi) is 12.8. The third-order valence-corrected chi connectivity index (χ3v) is 5.95. The molecule has 0 amide bonds. The molecule has 2 heterocycles. The monoisotopic (exact) mass is 581 g/mol. The van der Waals surface area contributed by atoms with E-state index in [1.54, 1.807) is 41.5 Å². The highest BCUT2D eigenvalue weighted by Gasteiger charge is 2.41. The predicted octanol–water partition coefficient (Wildman–Crippen LogP) is 7.41. The van der Waals surface area contributed by atoms with Crippen molar-refractivity contribution in [1.82, 2.24) is 14.8 Å². The van der Waals surface area contributed by atoms with Crippen LogP contribution in [0.4, 0.5) is 26.3 Å². The molecule has 0 unspecified atom stereocenters. The lowest BCUT2D eigenvalue weighted by atomic mass is 9.79. The van der Waals surface area contributed by atoms with E-state index in [9.17, 15) is 26.3 Å². The van der Waals surface area contributed by atoms with Crippen LogP contribution in [0.1, 0.15) is 45.2 Å². The SMILES string of the molecule is CC.CC[C@](C)(Cn1cncn1)c1ccc(F)cc1F.FC(F)C(F)(F)COc1ccc(/C=C/C2=NCC=N2)cc1. The molecule has 0 radical (unpaired) electrons. The lowest BCUT2D eigenvalue weighted by Crippen LogP contribution is -2.33. The van der Waals surface area contributed by atoms with E-state index in [2.05, 4.69) is 24.8 Å². The van der Waals surface area contributed by atoms with Crippen molar-refractivity contribution in [3.63, 3.8) is 0 Å². The van der Waals surface area contributed by atoms with Crippen molar-refractivity contribution in [2.45, 2.75) is 58.4 Å². The van der Waals surface area contributed by atoms with Crippen LogP contribution in [-0.2, 0) is 12.0 Å². The molecule has 1 atom stereocenters. The topological polar surface area (TPSA) is 64.7 Å². The average molecular weight is 582 g/mol. The number of aromatic nitrogens is 3. The lowest BCUT2D eigenvalue weighted by Gasteiger charge is -2.29. The molecule has 0 saturated heterocycles. The van der Waals surface area contributed by atoms with Gasteiger partial charge in [0.25, 0.3) is 0 Å². The fourth-order valence-corrected chi connectivity index (χ4v) is 3.53. The molecule has 0 aliphatic carbocycles. The molecular formula is C29H33F6N5O.